The number of ether oxygens (including phenoxy) is 3. The molecule has 1 heterocycles. The monoisotopic (exact) mass is 604 g/mol. The summed E-state index contributed by atoms with van der Waals surface area (Å²) in [7, 11) is 0. The van der Waals surface area contributed by atoms with Crippen LogP contribution in [-0.2, 0) is 14.2 Å². The third-order valence-electron chi connectivity index (χ3n) is 15.2. The quantitative estimate of drug-likeness (QED) is 0.231. The molecule has 6 rings (SSSR count). The predicted molar refractivity (Wildman–Crippen MR) is 182 cm³/mol. The molecular formula is C41H64O3. The van der Waals surface area contributed by atoms with Crippen LogP contribution in [0.15, 0.2) is 48.1 Å². The number of hydrogen-bond acceptors (Lipinski definition) is 3. The van der Waals surface area contributed by atoms with Crippen LogP contribution in [0, 0.1) is 50.2 Å². The highest BCUT2D eigenvalue weighted by Crippen LogP contribution is 2.76. The molecule has 3 heteroatoms. The molecule has 246 valence electrons. The van der Waals surface area contributed by atoms with Gasteiger partial charge in [-0.1, -0.05) is 91.0 Å². The molecule has 44 heavy (non-hydrogen) atoms. The normalized spacial score (nSPS) is 49.5. The second kappa shape index (κ2) is 10.7. The van der Waals surface area contributed by atoms with Crippen molar-refractivity contribution in [2.24, 2.45) is 50.2 Å². The van der Waals surface area contributed by atoms with Crippen LogP contribution in [0.25, 0.3) is 0 Å². The van der Waals surface area contributed by atoms with Crippen molar-refractivity contribution < 1.29 is 14.2 Å². The first kappa shape index (κ1) is 32.8. The third kappa shape index (κ3) is 4.75. The van der Waals surface area contributed by atoms with Crippen molar-refractivity contribution in [1.29, 1.82) is 0 Å². The van der Waals surface area contributed by atoms with E-state index in [-0.39, 0.29) is 27.8 Å². The van der Waals surface area contributed by atoms with Gasteiger partial charge in [-0.15, -0.1) is 0 Å². The highest BCUT2D eigenvalue weighted by atomic mass is 16.7. The predicted octanol–water partition coefficient (Wildman–Crippen LogP) is 10.6. The molecule has 10 unspecified atom stereocenters. The van der Waals surface area contributed by atoms with Crippen LogP contribution in [-0.4, -0.2) is 31.2 Å². The zero-order valence-electron chi connectivity index (χ0n) is 30.0. The fraction of sp³-hybridized carbons (Fsp3) is 0.805. The summed E-state index contributed by atoms with van der Waals surface area (Å²) in [6.45, 7) is 30.0. The maximum absolute atomic E-state index is 6.92. The Hall–Kier alpha value is -1.16. The minimum Gasteiger partial charge on any atom is -0.373 e. The Morgan fingerprint density at radius 2 is 1.66 bits per heavy atom. The van der Waals surface area contributed by atoms with Crippen LogP contribution in [0.5, 0.6) is 0 Å². The Kier molecular flexibility index (Phi) is 7.95. The lowest BCUT2D eigenvalue weighted by Crippen LogP contribution is -2.68. The standard InChI is InChI=1S/C41H64O3/c1-12-14-15-28(13-2)26-42-34-25-35(3,4)24-30-29-16-17-32-38(8)20-19-33-39(9,27-43-36(5,6)44-33)31(38)18-21-41(32,11)40(29,10)23-22-37(30,34)7/h12-16,30-34H,2,17-27H2,1,3-11H3/b14-12-,28-15+. The van der Waals surface area contributed by atoms with Crippen molar-refractivity contribution in [3.63, 3.8) is 0 Å². The third-order valence-corrected chi connectivity index (χ3v) is 15.2. The maximum atomic E-state index is 6.92. The molecule has 0 spiro atoms. The Balaban J connectivity index is 1.32. The average Bonchev–Trinajstić information content (AvgIpc) is 2.94. The largest absolute Gasteiger partial charge is 0.373 e. The highest BCUT2D eigenvalue weighted by molar-refractivity contribution is 5.34. The van der Waals surface area contributed by atoms with Gasteiger partial charge in [-0.2, -0.15) is 0 Å². The zero-order valence-corrected chi connectivity index (χ0v) is 30.0. The second-order valence-corrected chi connectivity index (χ2v) is 18.5. The van der Waals surface area contributed by atoms with Crippen molar-refractivity contribution >= 4 is 0 Å². The highest BCUT2D eigenvalue weighted by Gasteiger charge is 2.70. The summed E-state index contributed by atoms with van der Waals surface area (Å²) in [5.41, 5.74) is 4.37. The minimum absolute atomic E-state index is 0.101. The van der Waals surface area contributed by atoms with Gasteiger partial charge in [-0.25, -0.2) is 0 Å². The van der Waals surface area contributed by atoms with Gasteiger partial charge in [-0.3, -0.25) is 0 Å². The zero-order chi connectivity index (χ0) is 32.0. The topological polar surface area (TPSA) is 27.7 Å². The van der Waals surface area contributed by atoms with Gasteiger partial charge in [0.25, 0.3) is 0 Å². The molecule has 10 atom stereocenters. The van der Waals surface area contributed by atoms with E-state index >= 15 is 0 Å². The SMILES string of the molecule is C=C/C(=C\C=C/C)COC1CC(C)(C)CC2C3=CCC4C5(C)CCC6OC(C)(C)OCC6(C)C5CCC4(C)C3(C)CCC12C. The van der Waals surface area contributed by atoms with E-state index in [0.29, 0.717) is 41.3 Å². The molecule has 0 aromatic rings. The van der Waals surface area contributed by atoms with Crippen LogP contribution in [0.1, 0.15) is 127 Å². The lowest BCUT2D eigenvalue weighted by atomic mass is 9.33. The summed E-state index contributed by atoms with van der Waals surface area (Å²) in [4.78, 5) is 0. The van der Waals surface area contributed by atoms with Crippen molar-refractivity contribution in [3.05, 3.63) is 48.1 Å². The summed E-state index contributed by atoms with van der Waals surface area (Å²) >= 11 is 0. The maximum Gasteiger partial charge on any atom is 0.163 e. The van der Waals surface area contributed by atoms with E-state index in [4.69, 9.17) is 14.2 Å². The number of allylic oxidation sites excluding steroid dienone is 5. The first-order valence-corrected chi connectivity index (χ1v) is 18.1. The van der Waals surface area contributed by atoms with E-state index in [1.54, 1.807) is 5.57 Å². The molecule has 0 amide bonds. The second-order valence-electron chi connectivity index (χ2n) is 18.5. The summed E-state index contributed by atoms with van der Waals surface area (Å²) in [6.07, 6.45) is 22.9. The molecule has 4 saturated carbocycles. The van der Waals surface area contributed by atoms with E-state index in [1.165, 1.54) is 56.9 Å². The Bertz CT molecular complexity index is 1240. The van der Waals surface area contributed by atoms with Gasteiger partial charge < -0.3 is 14.2 Å². The lowest BCUT2D eigenvalue weighted by molar-refractivity contribution is -0.351. The lowest BCUT2D eigenvalue weighted by Gasteiger charge is -2.72. The van der Waals surface area contributed by atoms with Crippen molar-refractivity contribution in [3.8, 4) is 0 Å². The molecular weight excluding hydrogens is 540 g/mol. The fourth-order valence-corrected chi connectivity index (χ4v) is 12.4. The first-order chi connectivity index (χ1) is 20.5. The molecule has 1 saturated heterocycles. The summed E-state index contributed by atoms with van der Waals surface area (Å²) in [6, 6.07) is 0. The smallest absolute Gasteiger partial charge is 0.163 e. The average molecular weight is 605 g/mol. The van der Waals surface area contributed by atoms with Gasteiger partial charge in [0.15, 0.2) is 5.79 Å². The first-order valence-electron chi connectivity index (χ1n) is 18.1. The summed E-state index contributed by atoms with van der Waals surface area (Å²) in [5, 5.41) is 0. The molecule has 5 fully saturated rings. The van der Waals surface area contributed by atoms with E-state index in [2.05, 4.69) is 100 Å². The van der Waals surface area contributed by atoms with Crippen LogP contribution < -0.4 is 0 Å². The van der Waals surface area contributed by atoms with Gasteiger partial charge in [0.1, 0.15) is 0 Å². The molecule has 1 aliphatic heterocycles. The van der Waals surface area contributed by atoms with Gasteiger partial charge in [0.05, 0.1) is 25.4 Å². The van der Waals surface area contributed by atoms with Crippen molar-refractivity contribution in [2.45, 2.75) is 145 Å². The van der Waals surface area contributed by atoms with Crippen molar-refractivity contribution in [1.82, 2.24) is 0 Å². The number of rotatable bonds is 5. The fourth-order valence-electron chi connectivity index (χ4n) is 12.4. The van der Waals surface area contributed by atoms with E-state index < -0.39 is 5.79 Å². The summed E-state index contributed by atoms with van der Waals surface area (Å²) < 4.78 is 20.0. The van der Waals surface area contributed by atoms with Crippen LogP contribution in [0.3, 0.4) is 0 Å². The number of hydrogen-bond donors (Lipinski definition) is 0. The molecule has 3 nitrogen and oxygen atoms in total. The van der Waals surface area contributed by atoms with E-state index in [9.17, 15) is 0 Å². The van der Waals surface area contributed by atoms with Crippen LogP contribution in [0.4, 0.5) is 0 Å². The molecule has 0 aromatic carbocycles. The Labute approximate surface area is 270 Å². The van der Waals surface area contributed by atoms with Crippen LogP contribution >= 0.6 is 0 Å². The molecule has 0 N–H and O–H groups in total. The van der Waals surface area contributed by atoms with Gasteiger partial charge in [0.2, 0.25) is 0 Å². The molecule has 6 aliphatic rings. The van der Waals surface area contributed by atoms with Crippen LogP contribution in [0.2, 0.25) is 0 Å². The van der Waals surface area contributed by atoms with Gasteiger partial charge in [0, 0.05) is 10.8 Å². The molecule has 0 radical (unpaired) electrons. The summed E-state index contributed by atoms with van der Waals surface area (Å²) in [5.74, 6) is 1.48. The Morgan fingerprint density at radius 1 is 0.909 bits per heavy atom. The van der Waals surface area contributed by atoms with Gasteiger partial charge in [-0.05, 0) is 124 Å². The molecule has 0 bridgehead atoms. The van der Waals surface area contributed by atoms with E-state index in [1.807, 2.05) is 6.08 Å². The minimum atomic E-state index is -0.461. The molecule has 5 aliphatic carbocycles. The molecule has 0 aromatic heterocycles. The van der Waals surface area contributed by atoms with Gasteiger partial charge >= 0.3 is 0 Å². The Morgan fingerprint density at radius 3 is 2.36 bits per heavy atom. The number of fused-ring (bicyclic) bond motifs is 9. The van der Waals surface area contributed by atoms with E-state index in [0.717, 1.165) is 13.0 Å². The van der Waals surface area contributed by atoms with Crippen molar-refractivity contribution in [2.75, 3.05) is 13.2 Å².